The molecule has 1 saturated heterocycles. The molecular formula is C31H42N6O2. The van der Waals surface area contributed by atoms with Crippen molar-refractivity contribution >= 4 is 11.6 Å². The van der Waals surface area contributed by atoms with Crippen LogP contribution >= 0.6 is 0 Å². The fourth-order valence-corrected chi connectivity index (χ4v) is 5.71. The van der Waals surface area contributed by atoms with Gasteiger partial charge in [0.25, 0.3) is 11.5 Å². The van der Waals surface area contributed by atoms with Crippen LogP contribution in [-0.4, -0.2) is 43.2 Å². The molecule has 1 aliphatic heterocycles. The van der Waals surface area contributed by atoms with Crippen molar-refractivity contribution in [2.45, 2.75) is 77.8 Å². The largest absolute Gasteiger partial charge is 0.322 e. The third-order valence-corrected chi connectivity index (χ3v) is 8.32. The molecular weight excluding hydrogens is 488 g/mol. The second-order valence-electron chi connectivity index (χ2n) is 12.4. The zero-order valence-electron chi connectivity index (χ0n) is 23.8. The number of nitrogens with one attached hydrogen (secondary N) is 1. The van der Waals surface area contributed by atoms with Gasteiger partial charge in [-0.2, -0.15) is 0 Å². The standard InChI is InChI=1S/C31H42N6O2/c1-22-7-6-13-36(18-22)19-24-15-27(30(39)37(20-24)14-12-23-10-11-23)29(38)33-26-9-5-8-25(16-26)31(2,3)17-28-34-32-21-35(28)4/h5,8-9,15-16,20-23H,6-7,10-14,17-19H2,1-4H3,(H,33,38)/t22-/m0/s1. The first-order valence-corrected chi connectivity index (χ1v) is 14.4. The number of piperidine rings is 1. The van der Waals surface area contributed by atoms with Gasteiger partial charge in [0.15, 0.2) is 0 Å². The van der Waals surface area contributed by atoms with E-state index in [1.807, 2.05) is 42.1 Å². The number of benzene rings is 1. The number of rotatable bonds is 10. The van der Waals surface area contributed by atoms with E-state index in [0.717, 1.165) is 43.0 Å². The summed E-state index contributed by atoms with van der Waals surface area (Å²) in [6.45, 7) is 10.2. The Kier molecular flexibility index (Phi) is 8.03. The van der Waals surface area contributed by atoms with Gasteiger partial charge in [-0.05, 0) is 72.4 Å². The van der Waals surface area contributed by atoms with Crippen molar-refractivity contribution in [3.8, 4) is 0 Å². The van der Waals surface area contributed by atoms with Gasteiger partial charge in [-0.3, -0.25) is 14.5 Å². The summed E-state index contributed by atoms with van der Waals surface area (Å²) in [6, 6.07) is 9.71. The van der Waals surface area contributed by atoms with E-state index in [1.165, 1.54) is 25.7 Å². The lowest BCUT2D eigenvalue weighted by Crippen LogP contribution is -2.35. The van der Waals surface area contributed by atoms with Gasteiger partial charge < -0.3 is 14.5 Å². The van der Waals surface area contributed by atoms with Crippen LogP contribution in [0.2, 0.25) is 0 Å². The molecule has 2 aliphatic rings. The Morgan fingerprint density at radius 1 is 1.18 bits per heavy atom. The Bertz CT molecular complexity index is 1370. The Morgan fingerprint density at radius 3 is 2.72 bits per heavy atom. The smallest absolute Gasteiger partial charge is 0.263 e. The van der Waals surface area contributed by atoms with Gasteiger partial charge >= 0.3 is 0 Å². The maximum Gasteiger partial charge on any atom is 0.263 e. The van der Waals surface area contributed by atoms with Crippen LogP contribution in [0.25, 0.3) is 0 Å². The van der Waals surface area contributed by atoms with Crippen LogP contribution in [0.3, 0.4) is 0 Å². The highest BCUT2D eigenvalue weighted by molar-refractivity contribution is 6.04. The number of likely N-dealkylation sites (tertiary alicyclic amines) is 1. The molecule has 1 atom stereocenters. The van der Waals surface area contributed by atoms with E-state index in [9.17, 15) is 9.59 Å². The third kappa shape index (κ3) is 6.85. The highest BCUT2D eigenvalue weighted by Gasteiger charge is 2.25. The van der Waals surface area contributed by atoms with E-state index < -0.39 is 0 Å². The van der Waals surface area contributed by atoms with Crippen LogP contribution in [0.4, 0.5) is 5.69 Å². The van der Waals surface area contributed by atoms with Crippen LogP contribution < -0.4 is 10.9 Å². The Balaban J connectivity index is 1.37. The molecule has 1 saturated carbocycles. The average Bonchev–Trinajstić information content (AvgIpc) is 3.65. The molecule has 1 amide bonds. The second kappa shape index (κ2) is 11.5. The summed E-state index contributed by atoms with van der Waals surface area (Å²) in [6.07, 6.45) is 10.3. The summed E-state index contributed by atoms with van der Waals surface area (Å²) in [5.74, 6) is 1.94. The van der Waals surface area contributed by atoms with E-state index in [4.69, 9.17) is 0 Å². The molecule has 3 aromatic rings. The maximum atomic E-state index is 13.5. The van der Waals surface area contributed by atoms with E-state index in [-0.39, 0.29) is 22.4 Å². The maximum absolute atomic E-state index is 13.5. The Labute approximate surface area is 231 Å². The van der Waals surface area contributed by atoms with Crippen LogP contribution in [0.1, 0.15) is 80.2 Å². The number of pyridine rings is 1. The molecule has 2 aromatic heterocycles. The molecule has 1 aromatic carbocycles. The number of nitrogens with zero attached hydrogens (tertiary/aromatic N) is 5. The van der Waals surface area contributed by atoms with Crippen molar-refractivity contribution in [3.63, 3.8) is 0 Å². The highest BCUT2D eigenvalue weighted by atomic mass is 16.2. The first-order valence-electron chi connectivity index (χ1n) is 14.4. The number of anilines is 1. The summed E-state index contributed by atoms with van der Waals surface area (Å²) >= 11 is 0. The quantitative estimate of drug-likeness (QED) is 0.408. The van der Waals surface area contributed by atoms with E-state index in [1.54, 1.807) is 10.9 Å². The SMILES string of the molecule is C[C@H]1CCCN(Cc2cc(C(=O)Nc3cccc(C(C)(C)Cc4nncn4C)c3)c(=O)n(CCC3CC3)c2)C1. The molecule has 8 heteroatoms. The number of hydrogen-bond acceptors (Lipinski definition) is 5. The molecule has 8 nitrogen and oxygen atoms in total. The number of carbonyl (C=O) groups excluding carboxylic acids is 1. The van der Waals surface area contributed by atoms with Crippen molar-refractivity contribution < 1.29 is 4.79 Å². The number of carbonyl (C=O) groups is 1. The molecule has 0 spiro atoms. The fourth-order valence-electron chi connectivity index (χ4n) is 5.71. The normalized spacial score (nSPS) is 18.3. The minimum atomic E-state index is -0.350. The van der Waals surface area contributed by atoms with Crippen molar-refractivity contribution in [3.05, 3.63) is 75.7 Å². The molecule has 1 N–H and O–H groups in total. The molecule has 0 unspecified atom stereocenters. The van der Waals surface area contributed by atoms with Crippen molar-refractivity contribution in [1.29, 1.82) is 0 Å². The minimum Gasteiger partial charge on any atom is -0.322 e. The Hall–Kier alpha value is -3.26. The van der Waals surface area contributed by atoms with Crippen LogP contribution in [-0.2, 0) is 32.0 Å². The predicted molar refractivity (Wildman–Crippen MR) is 154 cm³/mol. The summed E-state index contributed by atoms with van der Waals surface area (Å²) in [5, 5.41) is 11.3. The summed E-state index contributed by atoms with van der Waals surface area (Å²) in [4.78, 5) is 29.4. The minimum absolute atomic E-state index is 0.206. The van der Waals surface area contributed by atoms with Gasteiger partial charge in [-0.15, -0.1) is 10.2 Å². The second-order valence-corrected chi connectivity index (χ2v) is 12.4. The van der Waals surface area contributed by atoms with E-state index >= 15 is 0 Å². The molecule has 0 bridgehead atoms. The topological polar surface area (TPSA) is 85.1 Å². The number of amides is 1. The van der Waals surface area contributed by atoms with Gasteiger partial charge in [0.05, 0.1) is 0 Å². The van der Waals surface area contributed by atoms with Gasteiger partial charge in [-0.25, -0.2) is 0 Å². The molecule has 208 valence electrons. The number of aromatic nitrogens is 4. The van der Waals surface area contributed by atoms with Crippen LogP contribution in [0.15, 0.2) is 47.7 Å². The third-order valence-electron chi connectivity index (χ3n) is 8.32. The molecule has 0 radical (unpaired) electrons. The molecule has 1 aliphatic carbocycles. The summed E-state index contributed by atoms with van der Waals surface area (Å²) in [7, 11) is 1.94. The molecule has 3 heterocycles. The monoisotopic (exact) mass is 530 g/mol. The first-order chi connectivity index (χ1) is 18.7. The van der Waals surface area contributed by atoms with E-state index in [0.29, 0.717) is 30.5 Å². The fraction of sp³-hybridized carbons (Fsp3) is 0.548. The van der Waals surface area contributed by atoms with Crippen LogP contribution in [0, 0.1) is 11.8 Å². The first kappa shape index (κ1) is 27.3. The lowest BCUT2D eigenvalue weighted by Gasteiger charge is -2.31. The summed E-state index contributed by atoms with van der Waals surface area (Å²) < 4.78 is 3.70. The highest BCUT2D eigenvalue weighted by Crippen LogP contribution is 2.32. The molecule has 39 heavy (non-hydrogen) atoms. The summed E-state index contributed by atoms with van der Waals surface area (Å²) in [5.41, 5.74) is 2.59. The average molecular weight is 531 g/mol. The molecule has 2 fully saturated rings. The number of aryl methyl sites for hydroxylation is 2. The van der Waals surface area contributed by atoms with Gasteiger partial charge in [0, 0.05) is 45.0 Å². The Morgan fingerprint density at radius 2 is 2.00 bits per heavy atom. The lowest BCUT2D eigenvalue weighted by molar-refractivity contribution is 0.102. The van der Waals surface area contributed by atoms with E-state index in [2.05, 4.69) is 47.3 Å². The predicted octanol–water partition coefficient (Wildman–Crippen LogP) is 4.78. The van der Waals surface area contributed by atoms with Crippen molar-refractivity contribution in [1.82, 2.24) is 24.2 Å². The van der Waals surface area contributed by atoms with Crippen molar-refractivity contribution in [2.24, 2.45) is 18.9 Å². The van der Waals surface area contributed by atoms with Gasteiger partial charge in [-0.1, -0.05) is 45.7 Å². The number of hydrogen-bond donors (Lipinski definition) is 1. The van der Waals surface area contributed by atoms with Crippen molar-refractivity contribution in [2.75, 3.05) is 18.4 Å². The zero-order chi connectivity index (χ0) is 27.6. The molecule has 5 rings (SSSR count). The zero-order valence-corrected chi connectivity index (χ0v) is 23.8. The van der Waals surface area contributed by atoms with Gasteiger partial charge in [0.1, 0.15) is 17.7 Å². The van der Waals surface area contributed by atoms with Crippen LogP contribution in [0.5, 0.6) is 0 Å². The lowest BCUT2D eigenvalue weighted by atomic mass is 9.81. The van der Waals surface area contributed by atoms with Gasteiger partial charge in [0.2, 0.25) is 0 Å².